The second kappa shape index (κ2) is 6.40. The minimum absolute atomic E-state index is 0.0767. The van der Waals surface area contributed by atoms with Crippen LogP contribution in [0.1, 0.15) is 6.42 Å². The van der Waals surface area contributed by atoms with Gasteiger partial charge in [-0.3, -0.25) is 4.79 Å². The first-order chi connectivity index (χ1) is 9.39. The van der Waals surface area contributed by atoms with Gasteiger partial charge >= 0.3 is 5.97 Å². The van der Waals surface area contributed by atoms with Crippen molar-refractivity contribution in [1.29, 1.82) is 0 Å². The molecule has 1 N–H and O–H groups in total. The highest BCUT2D eigenvalue weighted by Gasteiger charge is 2.29. The molecule has 0 unspecified atom stereocenters. The molecular weight excluding hydrogens is 324 g/mol. The van der Waals surface area contributed by atoms with Crippen molar-refractivity contribution in [3.63, 3.8) is 0 Å². The topological polar surface area (TPSA) is 77.9 Å². The SMILES string of the molecule is O=C(O)CCN1CCN(S(=O)(=O)c2ccc(Cl)s2)CC1. The molecule has 0 amide bonds. The number of sulfonamides is 1. The van der Waals surface area contributed by atoms with Crippen LogP contribution in [0, 0.1) is 0 Å². The quantitative estimate of drug-likeness (QED) is 0.872. The predicted octanol–water partition coefficient (Wildman–Crippen LogP) is 1.18. The number of hydrogen-bond acceptors (Lipinski definition) is 5. The van der Waals surface area contributed by atoms with E-state index in [0.29, 0.717) is 37.1 Å². The summed E-state index contributed by atoms with van der Waals surface area (Å²) in [4.78, 5) is 12.5. The maximum atomic E-state index is 12.3. The average Bonchev–Trinajstić information content (AvgIpc) is 2.84. The number of thiophene rings is 1. The molecule has 1 aromatic rings. The fourth-order valence-electron chi connectivity index (χ4n) is 2.01. The van der Waals surface area contributed by atoms with E-state index in [1.165, 1.54) is 10.4 Å². The van der Waals surface area contributed by atoms with Gasteiger partial charge in [0.25, 0.3) is 10.0 Å². The molecule has 0 bridgehead atoms. The van der Waals surface area contributed by atoms with Gasteiger partial charge in [0.15, 0.2) is 0 Å². The Labute approximate surface area is 126 Å². The summed E-state index contributed by atoms with van der Waals surface area (Å²) in [5.41, 5.74) is 0. The summed E-state index contributed by atoms with van der Waals surface area (Å²) in [6.07, 6.45) is 0.0767. The molecule has 0 spiro atoms. The lowest BCUT2D eigenvalue weighted by Crippen LogP contribution is -2.48. The van der Waals surface area contributed by atoms with E-state index in [4.69, 9.17) is 16.7 Å². The van der Waals surface area contributed by atoms with Gasteiger partial charge in [0.05, 0.1) is 10.8 Å². The van der Waals surface area contributed by atoms with Crippen LogP contribution in [0.4, 0.5) is 0 Å². The molecule has 6 nitrogen and oxygen atoms in total. The summed E-state index contributed by atoms with van der Waals surface area (Å²) in [5.74, 6) is -0.840. The molecule has 1 aliphatic rings. The van der Waals surface area contributed by atoms with Crippen molar-refractivity contribution in [2.24, 2.45) is 0 Å². The van der Waals surface area contributed by atoms with E-state index in [1.54, 1.807) is 6.07 Å². The summed E-state index contributed by atoms with van der Waals surface area (Å²) in [5, 5.41) is 8.63. The Morgan fingerprint density at radius 1 is 1.30 bits per heavy atom. The van der Waals surface area contributed by atoms with Crippen molar-refractivity contribution in [1.82, 2.24) is 9.21 Å². The maximum absolute atomic E-state index is 12.3. The molecule has 1 aromatic heterocycles. The smallest absolute Gasteiger partial charge is 0.304 e. The first kappa shape index (κ1) is 15.7. The molecule has 0 aromatic carbocycles. The summed E-state index contributed by atoms with van der Waals surface area (Å²) in [7, 11) is -3.47. The summed E-state index contributed by atoms with van der Waals surface area (Å²) in [6.45, 7) is 2.29. The summed E-state index contributed by atoms with van der Waals surface area (Å²) in [6, 6.07) is 3.08. The Morgan fingerprint density at radius 3 is 2.45 bits per heavy atom. The molecule has 1 aliphatic heterocycles. The Balaban J connectivity index is 1.95. The predicted molar refractivity (Wildman–Crippen MR) is 76.8 cm³/mol. The molecule has 2 heterocycles. The van der Waals surface area contributed by atoms with Crippen molar-refractivity contribution in [3.8, 4) is 0 Å². The number of nitrogens with zero attached hydrogens (tertiary/aromatic N) is 2. The molecule has 1 fully saturated rings. The van der Waals surface area contributed by atoms with Gasteiger partial charge in [-0.1, -0.05) is 11.6 Å². The van der Waals surface area contributed by atoms with E-state index in [0.717, 1.165) is 11.3 Å². The molecule has 112 valence electrons. The first-order valence-corrected chi connectivity index (χ1v) is 8.72. The second-order valence-corrected chi connectivity index (χ2v) is 8.33. The third-order valence-electron chi connectivity index (χ3n) is 3.12. The van der Waals surface area contributed by atoms with Gasteiger partial charge < -0.3 is 10.0 Å². The number of halogens is 1. The largest absolute Gasteiger partial charge is 0.481 e. The number of rotatable bonds is 5. The number of carboxylic acid groups (broad SMARTS) is 1. The van der Waals surface area contributed by atoms with E-state index in [1.807, 2.05) is 4.90 Å². The van der Waals surface area contributed by atoms with Gasteiger partial charge in [0.1, 0.15) is 4.21 Å². The minimum Gasteiger partial charge on any atom is -0.481 e. The summed E-state index contributed by atoms with van der Waals surface area (Å²) < 4.78 is 26.8. The van der Waals surface area contributed by atoms with Crippen LogP contribution < -0.4 is 0 Å². The van der Waals surface area contributed by atoms with E-state index in [-0.39, 0.29) is 10.6 Å². The van der Waals surface area contributed by atoms with Crippen molar-refractivity contribution in [2.75, 3.05) is 32.7 Å². The number of carbonyl (C=O) groups is 1. The van der Waals surface area contributed by atoms with Crippen LogP contribution in [-0.2, 0) is 14.8 Å². The van der Waals surface area contributed by atoms with Crippen molar-refractivity contribution < 1.29 is 18.3 Å². The third-order valence-corrected chi connectivity index (χ3v) is 6.71. The van der Waals surface area contributed by atoms with Crippen molar-refractivity contribution in [2.45, 2.75) is 10.6 Å². The average molecular weight is 339 g/mol. The second-order valence-electron chi connectivity index (χ2n) is 4.45. The maximum Gasteiger partial charge on any atom is 0.304 e. The summed E-state index contributed by atoms with van der Waals surface area (Å²) >= 11 is 6.82. The van der Waals surface area contributed by atoms with E-state index in [2.05, 4.69) is 0 Å². The van der Waals surface area contributed by atoms with Gasteiger partial charge in [-0.25, -0.2) is 8.42 Å². The Kier molecular flexibility index (Phi) is 5.03. The molecule has 1 saturated heterocycles. The van der Waals surface area contributed by atoms with Crippen LogP contribution >= 0.6 is 22.9 Å². The van der Waals surface area contributed by atoms with E-state index < -0.39 is 16.0 Å². The normalized spacial score (nSPS) is 18.2. The highest BCUT2D eigenvalue weighted by molar-refractivity contribution is 7.91. The van der Waals surface area contributed by atoms with Gasteiger partial charge in [-0.15, -0.1) is 11.3 Å². The van der Waals surface area contributed by atoms with Gasteiger partial charge in [-0.05, 0) is 12.1 Å². The van der Waals surface area contributed by atoms with Crippen LogP contribution in [0.2, 0.25) is 4.34 Å². The zero-order valence-electron chi connectivity index (χ0n) is 10.7. The Morgan fingerprint density at radius 2 is 1.95 bits per heavy atom. The van der Waals surface area contributed by atoms with Crippen LogP contribution in [0.3, 0.4) is 0 Å². The molecule has 0 aliphatic carbocycles. The van der Waals surface area contributed by atoms with Gasteiger partial charge in [0, 0.05) is 32.7 Å². The van der Waals surface area contributed by atoms with Gasteiger partial charge in [0.2, 0.25) is 0 Å². The molecule has 0 atom stereocenters. The fraction of sp³-hybridized carbons (Fsp3) is 0.545. The Hall–Kier alpha value is -0.670. The number of hydrogen-bond donors (Lipinski definition) is 1. The molecule has 0 radical (unpaired) electrons. The van der Waals surface area contributed by atoms with Crippen LogP contribution in [0.25, 0.3) is 0 Å². The minimum atomic E-state index is -3.47. The Bertz CT molecular complexity index is 579. The number of carboxylic acids is 1. The van der Waals surface area contributed by atoms with Crippen LogP contribution in [0.15, 0.2) is 16.3 Å². The lowest BCUT2D eigenvalue weighted by atomic mass is 10.3. The highest BCUT2D eigenvalue weighted by Crippen LogP contribution is 2.28. The fourth-order valence-corrected chi connectivity index (χ4v) is 5.07. The number of piperazine rings is 1. The zero-order chi connectivity index (χ0) is 14.8. The van der Waals surface area contributed by atoms with Crippen molar-refractivity contribution >= 4 is 38.9 Å². The van der Waals surface area contributed by atoms with Crippen LogP contribution in [-0.4, -0.2) is 61.4 Å². The highest BCUT2D eigenvalue weighted by atomic mass is 35.5. The molecule has 0 saturated carbocycles. The monoisotopic (exact) mass is 338 g/mol. The number of aliphatic carboxylic acids is 1. The van der Waals surface area contributed by atoms with Crippen molar-refractivity contribution in [3.05, 3.63) is 16.5 Å². The van der Waals surface area contributed by atoms with E-state index in [9.17, 15) is 13.2 Å². The van der Waals surface area contributed by atoms with Gasteiger partial charge in [-0.2, -0.15) is 4.31 Å². The lowest BCUT2D eigenvalue weighted by Gasteiger charge is -2.33. The molecular formula is C11H15ClN2O4S2. The lowest BCUT2D eigenvalue weighted by molar-refractivity contribution is -0.137. The molecule has 9 heteroatoms. The zero-order valence-corrected chi connectivity index (χ0v) is 13.0. The van der Waals surface area contributed by atoms with Crippen LogP contribution in [0.5, 0.6) is 0 Å². The first-order valence-electron chi connectivity index (χ1n) is 6.09. The van der Waals surface area contributed by atoms with E-state index >= 15 is 0 Å². The standard InChI is InChI=1S/C11H15ClN2O4S2/c12-9-1-2-11(19-9)20(17,18)14-7-5-13(6-8-14)4-3-10(15)16/h1-2H,3-8H2,(H,15,16). The molecule has 20 heavy (non-hydrogen) atoms. The third kappa shape index (κ3) is 3.70. The molecule has 2 rings (SSSR count).